The van der Waals surface area contributed by atoms with E-state index in [1.165, 1.54) is 36.7 Å². The highest BCUT2D eigenvalue weighted by molar-refractivity contribution is 6.07. The number of carbonyl (C=O) groups is 2. The summed E-state index contributed by atoms with van der Waals surface area (Å²) in [6, 6.07) is 11.9. The largest absolute Gasteiger partial charge is 0.492 e. The molecule has 1 heterocycles. The number of anilines is 2. The monoisotopic (exact) mass is 423 g/mol. The summed E-state index contributed by atoms with van der Waals surface area (Å²) in [5.74, 6) is -0.980. The van der Waals surface area contributed by atoms with Crippen LogP contribution in [0.15, 0.2) is 60.9 Å². The third-order valence-electron chi connectivity index (χ3n) is 4.24. The minimum Gasteiger partial charge on any atom is -0.492 e. The van der Waals surface area contributed by atoms with Crippen molar-refractivity contribution in [1.29, 1.82) is 0 Å². The van der Waals surface area contributed by atoms with Crippen molar-refractivity contribution < 1.29 is 23.5 Å². The Balaban J connectivity index is 1.94. The molecule has 0 aliphatic heterocycles. The van der Waals surface area contributed by atoms with Gasteiger partial charge in [0.1, 0.15) is 17.3 Å². The lowest BCUT2D eigenvalue weighted by Crippen LogP contribution is -2.16. The van der Waals surface area contributed by atoms with Crippen molar-refractivity contribution in [2.45, 2.75) is 13.8 Å². The van der Waals surface area contributed by atoms with Crippen molar-refractivity contribution >= 4 is 23.2 Å². The van der Waals surface area contributed by atoms with E-state index < -0.39 is 11.7 Å². The van der Waals surface area contributed by atoms with Crippen LogP contribution in [0.4, 0.5) is 15.8 Å². The Morgan fingerprint density at radius 2 is 1.42 bits per heavy atom. The van der Waals surface area contributed by atoms with Gasteiger partial charge in [0.05, 0.1) is 30.2 Å². The van der Waals surface area contributed by atoms with Crippen LogP contribution in [0.2, 0.25) is 0 Å². The molecule has 8 heteroatoms. The zero-order valence-corrected chi connectivity index (χ0v) is 17.1. The van der Waals surface area contributed by atoms with Gasteiger partial charge in [-0.2, -0.15) is 0 Å². The smallest absolute Gasteiger partial charge is 0.258 e. The number of amides is 2. The fraction of sp³-hybridized carbons (Fsp3) is 0.174. The molecule has 0 fully saturated rings. The van der Waals surface area contributed by atoms with E-state index in [1.54, 1.807) is 38.1 Å². The lowest BCUT2D eigenvalue weighted by molar-refractivity contribution is 0.101. The van der Waals surface area contributed by atoms with Crippen LogP contribution in [0.1, 0.15) is 34.6 Å². The second kappa shape index (κ2) is 10.2. The molecule has 0 saturated heterocycles. The van der Waals surface area contributed by atoms with Crippen LogP contribution in [-0.2, 0) is 0 Å². The van der Waals surface area contributed by atoms with Crippen LogP contribution in [0.25, 0.3) is 0 Å². The summed E-state index contributed by atoms with van der Waals surface area (Å²) >= 11 is 0. The van der Waals surface area contributed by atoms with Gasteiger partial charge in [-0.3, -0.25) is 14.6 Å². The molecule has 3 aromatic rings. The zero-order chi connectivity index (χ0) is 22.2. The first kappa shape index (κ1) is 21.8. The predicted octanol–water partition coefficient (Wildman–Crippen LogP) is 4.52. The molecule has 31 heavy (non-hydrogen) atoms. The van der Waals surface area contributed by atoms with Crippen molar-refractivity contribution in [3.8, 4) is 11.5 Å². The van der Waals surface area contributed by atoms with Gasteiger partial charge in [0, 0.05) is 30.1 Å². The van der Waals surface area contributed by atoms with Gasteiger partial charge in [-0.1, -0.05) is 12.1 Å². The van der Waals surface area contributed by atoms with Crippen molar-refractivity contribution in [3.63, 3.8) is 0 Å². The quantitative estimate of drug-likeness (QED) is 0.556. The average Bonchev–Trinajstić information content (AvgIpc) is 2.77. The fourth-order valence-electron chi connectivity index (χ4n) is 2.84. The molecule has 0 aliphatic rings. The highest BCUT2D eigenvalue weighted by Crippen LogP contribution is 2.37. The summed E-state index contributed by atoms with van der Waals surface area (Å²) in [6.45, 7) is 4.22. The predicted molar refractivity (Wildman–Crippen MR) is 115 cm³/mol. The Kier molecular flexibility index (Phi) is 7.16. The van der Waals surface area contributed by atoms with Crippen molar-refractivity contribution in [3.05, 3.63) is 77.9 Å². The van der Waals surface area contributed by atoms with E-state index in [-0.39, 0.29) is 11.5 Å². The van der Waals surface area contributed by atoms with Gasteiger partial charge >= 0.3 is 0 Å². The number of benzene rings is 2. The Hall–Kier alpha value is -3.94. The molecular formula is C23H22FN3O4. The topological polar surface area (TPSA) is 89.5 Å². The number of rotatable bonds is 8. The van der Waals surface area contributed by atoms with E-state index in [0.29, 0.717) is 41.7 Å². The third kappa shape index (κ3) is 5.36. The third-order valence-corrected chi connectivity index (χ3v) is 4.24. The summed E-state index contributed by atoms with van der Waals surface area (Å²) in [4.78, 5) is 29.1. The first-order valence-electron chi connectivity index (χ1n) is 9.74. The van der Waals surface area contributed by atoms with E-state index in [4.69, 9.17) is 9.47 Å². The van der Waals surface area contributed by atoms with Gasteiger partial charge in [-0.25, -0.2) is 4.39 Å². The normalized spacial score (nSPS) is 10.3. The zero-order valence-electron chi connectivity index (χ0n) is 17.1. The van der Waals surface area contributed by atoms with Gasteiger partial charge in [0.15, 0.2) is 0 Å². The molecule has 2 N–H and O–H groups in total. The van der Waals surface area contributed by atoms with Crippen molar-refractivity contribution in [2.24, 2.45) is 0 Å². The molecule has 0 spiro atoms. The second-order valence-corrected chi connectivity index (χ2v) is 6.33. The molecule has 3 rings (SSSR count). The molecule has 2 amide bonds. The molecular weight excluding hydrogens is 401 g/mol. The van der Waals surface area contributed by atoms with Gasteiger partial charge < -0.3 is 20.1 Å². The van der Waals surface area contributed by atoms with E-state index in [1.807, 2.05) is 0 Å². The summed E-state index contributed by atoms with van der Waals surface area (Å²) in [6.07, 6.45) is 3.04. The molecule has 2 aromatic carbocycles. The van der Waals surface area contributed by atoms with Crippen LogP contribution in [0, 0.1) is 5.82 Å². The van der Waals surface area contributed by atoms with E-state index in [0.717, 1.165) is 0 Å². The number of halogens is 1. The maximum Gasteiger partial charge on any atom is 0.258 e. The van der Waals surface area contributed by atoms with E-state index >= 15 is 0 Å². The van der Waals surface area contributed by atoms with Crippen LogP contribution in [-0.4, -0.2) is 30.0 Å². The summed E-state index contributed by atoms with van der Waals surface area (Å²) in [5.41, 5.74) is 0.988. The molecule has 0 aliphatic carbocycles. The number of hydrogen-bond donors (Lipinski definition) is 2. The lowest BCUT2D eigenvalue weighted by atomic mass is 10.1. The van der Waals surface area contributed by atoms with Crippen LogP contribution in [0.3, 0.4) is 0 Å². The lowest BCUT2D eigenvalue weighted by Gasteiger charge is -2.18. The maximum atomic E-state index is 14.0. The summed E-state index contributed by atoms with van der Waals surface area (Å²) in [5, 5.41) is 5.45. The van der Waals surface area contributed by atoms with Gasteiger partial charge in [-0.05, 0) is 38.1 Å². The first-order valence-corrected chi connectivity index (χ1v) is 9.74. The first-order chi connectivity index (χ1) is 15.0. The minimum atomic E-state index is -0.635. The Bertz CT molecular complexity index is 1070. The summed E-state index contributed by atoms with van der Waals surface area (Å²) in [7, 11) is 0. The second-order valence-electron chi connectivity index (χ2n) is 6.33. The van der Waals surface area contributed by atoms with Crippen molar-refractivity contribution in [1.82, 2.24) is 4.98 Å². The number of carbonyl (C=O) groups excluding carboxylic acids is 2. The number of nitrogens with one attached hydrogen (secondary N) is 2. The molecule has 1 aromatic heterocycles. The number of nitrogens with zero attached hydrogens (tertiary/aromatic N) is 1. The summed E-state index contributed by atoms with van der Waals surface area (Å²) < 4.78 is 25.3. The molecule has 7 nitrogen and oxygen atoms in total. The van der Waals surface area contributed by atoms with Crippen molar-refractivity contribution in [2.75, 3.05) is 23.8 Å². The standard InChI is InChI=1S/C23H22FN3O4/c1-3-30-20-14-19(27-23(29)16-7-5-6-8-17(16)24)21(31-4-2)13-18(20)26-22(28)15-9-11-25-12-10-15/h5-14H,3-4H2,1-2H3,(H,26,28)(H,27,29). The molecule has 0 unspecified atom stereocenters. The molecule has 160 valence electrons. The van der Waals surface area contributed by atoms with E-state index in [2.05, 4.69) is 15.6 Å². The van der Waals surface area contributed by atoms with Crippen LogP contribution < -0.4 is 20.1 Å². The molecule has 0 atom stereocenters. The number of hydrogen-bond acceptors (Lipinski definition) is 5. The Labute approximate surface area is 179 Å². The van der Waals surface area contributed by atoms with Gasteiger partial charge in [0.2, 0.25) is 0 Å². The van der Waals surface area contributed by atoms with Gasteiger partial charge in [0.25, 0.3) is 11.8 Å². The number of aromatic nitrogens is 1. The van der Waals surface area contributed by atoms with E-state index in [9.17, 15) is 14.0 Å². The SMILES string of the molecule is CCOc1cc(NC(=O)c2ccccc2F)c(OCC)cc1NC(=O)c1ccncc1. The average molecular weight is 423 g/mol. The maximum absolute atomic E-state index is 14.0. The molecule has 0 bridgehead atoms. The minimum absolute atomic E-state index is 0.0991. The highest BCUT2D eigenvalue weighted by Gasteiger charge is 2.18. The highest BCUT2D eigenvalue weighted by atomic mass is 19.1. The van der Waals surface area contributed by atoms with Crippen LogP contribution in [0.5, 0.6) is 11.5 Å². The molecule has 0 saturated carbocycles. The number of pyridine rings is 1. The van der Waals surface area contributed by atoms with Gasteiger partial charge in [-0.15, -0.1) is 0 Å². The Morgan fingerprint density at radius 1 is 0.871 bits per heavy atom. The molecule has 0 radical (unpaired) electrons. The van der Waals surface area contributed by atoms with Crippen LogP contribution >= 0.6 is 0 Å². The Morgan fingerprint density at radius 3 is 1.97 bits per heavy atom. The fourth-order valence-corrected chi connectivity index (χ4v) is 2.84. The number of ether oxygens (including phenoxy) is 2.